The number of nitrogens with zero attached hydrogens (tertiary/aromatic N) is 3. The zero-order chi connectivity index (χ0) is 12.1. The number of anilines is 1. The van der Waals surface area contributed by atoms with Gasteiger partial charge in [0, 0.05) is 31.4 Å². The van der Waals surface area contributed by atoms with Crippen molar-refractivity contribution in [2.45, 2.75) is 24.5 Å². The van der Waals surface area contributed by atoms with Crippen molar-refractivity contribution in [3.05, 3.63) is 18.3 Å². The van der Waals surface area contributed by atoms with Crippen LogP contribution >= 0.6 is 0 Å². The first kappa shape index (κ1) is 10.8. The quantitative estimate of drug-likeness (QED) is 0.655. The lowest BCUT2D eigenvalue weighted by Crippen LogP contribution is -2.74. The van der Waals surface area contributed by atoms with Gasteiger partial charge in [-0.15, -0.1) is 0 Å². The third-order valence-electron chi connectivity index (χ3n) is 4.39. The lowest BCUT2D eigenvalue weighted by Gasteiger charge is -2.60. The van der Waals surface area contributed by atoms with E-state index in [0.717, 1.165) is 37.6 Å². The zero-order valence-corrected chi connectivity index (χ0v) is 10.3. The molecule has 0 aliphatic carbocycles. The molecule has 0 saturated carbocycles. The van der Waals surface area contributed by atoms with Gasteiger partial charge in [0.15, 0.2) is 0 Å². The lowest BCUT2D eigenvalue weighted by atomic mass is 9.85. The fourth-order valence-corrected chi connectivity index (χ4v) is 3.40. The molecule has 0 amide bonds. The maximum absolute atomic E-state index is 5.68. The molecule has 2 bridgehead atoms. The number of aromatic nitrogens is 1. The first-order valence-corrected chi connectivity index (χ1v) is 6.63. The number of fused-ring (bicyclic) bond motifs is 2. The van der Waals surface area contributed by atoms with E-state index in [0.29, 0.717) is 18.1 Å². The predicted octanol–water partition coefficient (Wildman–Crippen LogP) is -0.463. The van der Waals surface area contributed by atoms with E-state index in [9.17, 15) is 0 Å². The molecule has 4 aliphatic rings. The van der Waals surface area contributed by atoms with Crippen LogP contribution in [0.5, 0.6) is 0 Å². The molecule has 4 saturated heterocycles. The van der Waals surface area contributed by atoms with Crippen molar-refractivity contribution in [1.29, 1.82) is 0 Å². The van der Waals surface area contributed by atoms with Gasteiger partial charge in [0.2, 0.25) is 0 Å². The van der Waals surface area contributed by atoms with Crippen molar-refractivity contribution in [3.8, 4) is 0 Å². The monoisotopic (exact) mass is 241 g/mol. The molecule has 1 aromatic heterocycles. The second-order valence-corrected chi connectivity index (χ2v) is 5.54. The van der Waals surface area contributed by atoms with E-state index in [2.05, 4.69) is 14.8 Å². The molecule has 0 N–H and O–H groups in total. The topological polar surface area (TPSA) is 28.6 Å². The SMILES string of the molecule is [B]c1ccc(N2CC3CC(C2)N3C2COC2)nc1. The van der Waals surface area contributed by atoms with Gasteiger partial charge < -0.3 is 9.64 Å². The number of ether oxygens (including phenoxy) is 1. The van der Waals surface area contributed by atoms with Gasteiger partial charge in [0.1, 0.15) is 13.7 Å². The standard InChI is InChI=1S/C13H16BN3O/c14-9-1-2-13(15-4-9)16-5-10-3-11(6-16)17(10)12-7-18-8-12/h1-2,4,10-12H,3,5-8H2. The third kappa shape index (κ3) is 1.57. The Hall–Kier alpha value is -1.07. The normalized spacial score (nSPS) is 31.9. The summed E-state index contributed by atoms with van der Waals surface area (Å²) >= 11 is 0. The number of hydrogen-bond donors (Lipinski definition) is 0. The molecule has 1 aromatic rings. The fraction of sp³-hybridized carbons (Fsp3) is 0.615. The Morgan fingerprint density at radius 1 is 1.17 bits per heavy atom. The molecule has 2 radical (unpaired) electrons. The van der Waals surface area contributed by atoms with Crippen molar-refractivity contribution in [2.75, 3.05) is 31.2 Å². The fourth-order valence-electron chi connectivity index (χ4n) is 3.40. The van der Waals surface area contributed by atoms with Gasteiger partial charge in [-0.25, -0.2) is 4.98 Å². The van der Waals surface area contributed by atoms with E-state index >= 15 is 0 Å². The summed E-state index contributed by atoms with van der Waals surface area (Å²) in [5.41, 5.74) is 0.731. The van der Waals surface area contributed by atoms with Crippen molar-refractivity contribution in [1.82, 2.24) is 9.88 Å². The molecular weight excluding hydrogens is 225 g/mol. The van der Waals surface area contributed by atoms with Crippen molar-refractivity contribution >= 4 is 19.1 Å². The minimum atomic E-state index is 0.676. The van der Waals surface area contributed by atoms with E-state index in [-0.39, 0.29) is 0 Å². The number of piperazine rings is 1. The Balaban J connectivity index is 1.47. The summed E-state index contributed by atoms with van der Waals surface area (Å²) in [5.74, 6) is 1.06. The smallest absolute Gasteiger partial charge is 0.128 e. The number of rotatable bonds is 2. The molecule has 4 aliphatic heterocycles. The number of hydrogen-bond acceptors (Lipinski definition) is 4. The van der Waals surface area contributed by atoms with Crippen LogP contribution in [0.3, 0.4) is 0 Å². The highest BCUT2D eigenvalue weighted by Crippen LogP contribution is 2.37. The highest BCUT2D eigenvalue weighted by atomic mass is 16.5. The van der Waals surface area contributed by atoms with Gasteiger partial charge in [0.25, 0.3) is 0 Å². The summed E-state index contributed by atoms with van der Waals surface area (Å²) in [5, 5.41) is 0. The highest BCUT2D eigenvalue weighted by Gasteiger charge is 2.49. The van der Waals surface area contributed by atoms with Gasteiger partial charge in [-0.2, -0.15) is 0 Å². The second-order valence-electron chi connectivity index (χ2n) is 5.54. The summed E-state index contributed by atoms with van der Waals surface area (Å²) in [6.07, 6.45) is 3.08. The highest BCUT2D eigenvalue weighted by molar-refractivity contribution is 6.32. The van der Waals surface area contributed by atoms with E-state index in [1.165, 1.54) is 6.42 Å². The van der Waals surface area contributed by atoms with Crippen LogP contribution in [0.25, 0.3) is 0 Å². The largest absolute Gasteiger partial charge is 0.378 e. The van der Waals surface area contributed by atoms with Crippen LogP contribution in [-0.2, 0) is 4.74 Å². The second kappa shape index (κ2) is 3.97. The van der Waals surface area contributed by atoms with Crippen LogP contribution in [0.15, 0.2) is 18.3 Å². The van der Waals surface area contributed by atoms with Gasteiger partial charge in [0.05, 0.1) is 19.3 Å². The molecule has 4 fully saturated rings. The first-order chi connectivity index (χ1) is 8.81. The molecule has 4 nitrogen and oxygen atoms in total. The van der Waals surface area contributed by atoms with Crippen LogP contribution in [0, 0.1) is 0 Å². The summed E-state index contributed by atoms with van der Waals surface area (Å²) in [7, 11) is 5.68. The Morgan fingerprint density at radius 2 is 1.94 bits per heavy atom. The van der Waals surface area contributed by atoms with Crippen LogP contribution in [0.4, 0.5) is 5.82 Å². The molecule has 5 rings (SSSR count). The molecular formula is C13H16BN3O. The van der Waals surface area contributed by atoms with E-state index < -0.39 is 0 Å². The van der Waals surface area contributed by atoms with E-state index in [4.69, 9.17) is 12.6 Å². The number of piperidine rings is 1. The van der Waals surface area contributed by atoms with E-state index in [1.54, 1.807) is 6.20 Å². The summed E-state index contributed by atoms with van der Waals surface area (Å²) in [6, 6.07) is 6.01. The Bertz CT molecular complexity index is 436. The predicted molar refractivity (Wildman–Crippen MR) is 70.5 cm³/mol. The molecule has 2 unspecified atom stereocenters. The molecule has 18 heavy (non-hydrogen) atoms. The maximum Gasteiger partial charge on any atom is 0.128 e. The summed E-state index contributed by atoms with van der Waals surface area (Å²) in [6.45, 7) is 4.02. The average molecular weight is 241 g/mol. The van der Waals surface area contributed by atoms with Gasteiger partial charge in [-0.05, 0) is 12.5 Å². The van der Waals surface area contributed by atoms with Crippen LogP contribution < -0.4 is 10.4 Å². The Morgan fingerprint density at radius 3 is 2.50 bits per heavy atom. The zero-order valence-electron chi connectivity index (χ0n) is 10.3. The molecule has 5 heterocycles. The van der Waals surface area contributed by atoms with Crippen molar-refractivity contribution in [2.24, 2.45) is 0 Å². The van der Waals surface area contributed by atoms with Gasteiger partial charge >= 0.3 is 0 Å². The summed E-state index contributed by atoms with van der Waals surface area (Å²) in [4.78, 5) is 9.45. The minimum absolute atomic E-state index is 0.676. The molecule has 5 heteroatoms. The lowest BCUT2D eigenvalue weighted by molar-refractivity contribution is -0.141. The van der Waals surface area contributed by atoms with Crippen molar-refractivity contribution in [3.63, 3.8) is 0 Å². The molecule has 0 aromatic carbocycles. The van der Waals surface area contributed by atoms with Crippen LogP contribution in [-0.4, -0.2) is 62.2 Å². The van der Waals surface area contributed by atoms with Crippen LogP contribution in [0.1, 0.15) is 6.42 Å². The minimum Gasteiger partial charge on any atom is -0.378 e. The molecule has 0 spiro atoms. The third-order valence-corrected chi connectivity index (χ3v) is 4.39. The Kier molecular flexibility index (Phi) is 2.38. The maximum atomic E-state index is 5.68. The Labute approximate surface area is 108 Å². The molecule has 92 valence electrons. The number of pyridine rings is 1. The van der Waals surface area contributed by atoms with Crippen molar-refractivity contribution < 1.29 is 4.74 Å². The van der Waals surface area contributed by atoms with Gasteiger partial charge in [-0.3, -0.25) is 4.90 Å². The molecule has 2 atom stereocenters. The average Bonchev–Trinajstić information content (AvgIpc) is 2.34. The van der Waals surface area contributed by atoms with Crippen LogP contribution in [0.2, 0.25) is 0 Å². The van der Waals surface area contributed by atoms with E-state index in [1.807, 2.05) is 12.1 Å². The summed E-state index contributed by atoms with van der Waals surface area (Å²) < 4.78 is 5.30. The first-order valence-electron chi connectivity index (χ1n) is 6.63. The van der Waals surface area contributed by atoms with Gasteiger partial charge in [-0.1, -0.05) is 11.5 Å².